The van der Waals surface area contributed by atoms with Gasteiger partial charge in [-0.25, -0.2) is 4.39 Å². The maximum atomic E-state index is 14.1. The molecule has 2 N–H and O–H groups in total. The lowest BCUT2D eigenvalue weighted by Crippen LogP contribution is -2.33. The fourth-order valence-corrected chi connectivity index (χ4v) is 4.12. The van der Waals surface area contributed by atoms with Gasteiger partial charge in [-0.15, -0.1) is 0 Å². The first-order chi connectivity index (χ1) is 15.0. The Morgan fingerprint density at radius 1 is 1.23 bits per heavy atom. The zero-order chi connectivity index (χ0) is 22.4. The number of methoxy groups -OCH3 is 1. The van der Waals surface area contributed by atoms with Crippen molar-refractivity contribution in [3.8, 4) is 0 Å². The predicted molar refractivity (Wildman–Crippen MR) is 125 cm³/mol. The molecule has 31 heavy (non-hydrogen) atoms. The number of benzene rings is 2. The molecule has 1 heterocycles. The molecule has 3 aromatic rings. The highest BCUT2D eigenvalue weighted by atomic mass is 19.1. The van der Waals surface area contributed by atoms with Gasteiger partial charge in [0.2, 0.25) is 0 Å². The summed E-state index contributed by atoms with van der Waals surface area (Å²) in [6.07, 6.45) is 7.21. The Kier molecular flexibility index (Phi) is 7.66. The fraction of sp³-hybridized carbons (Fsp3) is 0.308. The molecule has 3 rings (SSSR count). The van der Waals surface area contributed by atoms with Crippen LogP contribution in [0.1, 0.15) is 36.9 Å². The predicted octanol–water partition coefficient (Wildman–Crippen LogP) is 5.16. The van der Waals surface area contributed by atoms with E-state index in [9.17, 15) is 9.50 Å². The highest BCUT2D eigenvalue weighted by Gasteiger charge is 2.27. The van der Waals surface area contributed by atoms with Crippen molar-refractivity contribution in [2.75, 3.05) is 20.7 Å². The van der Waals surface area contributed by atoms with E-state index in [0.29, 0.717) is 6.54 Å². The van der Waals surface area contributed by atoms with E-state index < -0.39 is 12.1 Å². The lowest BCUT2D eigenvalue weighted by Gasteiger charge is -2.26. The molecule has 2 aromatic carbocycles. The van der Waals surface area contributed by atoms with E-state index in [-0.39, 0.29) is 11.7 Å². The van der Waals surface area contributed by atoms with Gasteiger partial charge in [-0.2, -0.15) is 0 Å². The summed E-state index contributed by atoms with van der Waals surface area (Å²) in [7, 11) is 3.47. The Morgan fingerprint density at radius 3 is 2.68 bits per heavy atom. The first-order valence-corrected chi connectivity index (χ1v) is 10.6. The van der Waals surface area contributed by atoms with E-state index >= 15 is 0 Å². The minimum atomic E-state index is -0.744. The van der Waals surface area contributed by atoms with Crippen molar-refractivity contribution in [1.29, 1.82) is 0 Å². The number of hydrogen-bond donors (Lipinski definition) is 2. The highest BCUT2D eigenvalue weighted by molar-refractivity contribution is 5.85. The Bertz CT molecular complexity index is 1070. The molecule has 1 aromatic heterocycles. The zero-order valence-corrected chi connectivity index (χ0v) is 18.5. The highest BCUT2D eigenvalue weighted by Crippen LogP contribution is 2.36. The van der Waals surface area contributed by atoms with Crippen LogP contribution in [0.15, 0.2) is 78.7 Å². The molecule has 3 atom stereocenters. The van der Waals surface area contributed by atoms with Crippen molar-refractivity contribution in [1.82, 2.24) is 9.88 Å². The van der Waals surface area contributed by atoms with Crippen LogP contribution in [-0.4, -0.2) is 36.5 Å². The van der Waals surface area contributed by atoms with Gasteiger partial charge in [0, 0.05) is 29.6 Å². The van der Waals surface area contributed by atoms with E-state index in [1.165, 1.54) is 12.1 Å². The van der Waals surface area contributed by atoms with Crippen LogP contribution in [0.2, 0.25) is 0 Å². The van der Waals surface area contributed by atoms with E-state index in [2.05, 4.69) is 29.1 Å². The number of allylic oxidation sites excluding steroid dienone is 4. The topological polar surface area (TPSA) is 46.4 Å². The molecular weight excluding hydrogens is 391 g/mol. The smallest absolute Gasteiger partial charge is 0.123 e. The number of aliphatic hydroxyl groups is 1. The molecule has 0 bridgehead atoms. The molecule has 164 valence electrons. The van der Waals surface area contributed by atoms with Gasteiger partial charge in [0.05, 0.1) is 19.3 Å². The van der Waals surface area contributed by atoms with Crippen LogP contribution >= 0.6 is 0 Å². The number of aromatic nitrogens is 1. The average molecular weight is 423 g/mol. The third-order valence-electron chi connectivity index (χ3n) is 5.62. The molecule has 0 aliphatic rings. The number of para-hydroxylation sites is 1. The molecule has 0 aliphatic carbocycles. The van der Waals surface area contributed by atoms with Gasteiger partial charge in [-0.05, 0) is 49.4 Å². The first-order valence-electron chi connectivity index (χ1n) is 10.6. The van der Waals surface area contributed by atoms with Crippen LogP contribution < -0.4 is 5.32 Å². The standard InChI is InChI=1S/C26H31FN2O2/c1-5-6-14-25(31-4)18(2)22-17-29(23-13-8-7-12-21(22)23)26(24(30)16-28-3)19-10-9-11-20(27)15-19/h5-15,17-18,24,26,28,30H,16H2,1-4H3/b6-5-,25-14+/t18?,24-,26+/m1/s1. The second-order valence-electron chi connectivity index (χ2n) is 7.65. The van der Waals surface area contributed by atoms with Crippen molar-refractivity contribution in [2.45, 2.75) is 31.9 Å². The quantitative estimate of drug-likeness (QED) is 0.370. The number of hydrogen-bond acceptors (Lipinski definition) is 3. The molecule has 5 heteroatoms. The van der Waals surface area contributed by atoms with Crippen molar-refractivity contribution in [3.63, 3.8) is 0 Å². The van der Waals surface area contributed by atoms with E-state index in [4.69, 9.17) is 4.74 Å². The molecule has 0 fully saturated rings. The third-order valence-corrected chi connectivity index (χ3v) is 5.62. The second-order valence-corrected chi connectivity index (χ2v) is 7.65. The molecule has 0 amide bonds. The van der Waals surface area contributed by atoms with Gasteiger partial charge in [-0.1, -0.05) is 49.4 Å². The number of fused-ring (bicyclic) bond motifs is 1. The number of ether oxygens (including phenoxy) is 1. The van der Waals surface area contributed by atoms with Crippen molar-refractivity contribution < 1.29 is 14.2 Å². The number of aliphatic hydroxyl groups excluding tert-OH is 1. The average Bonchev–Trinajstić information content (AvgIpc) is 3.14. The van der Waals surface area contributed by atoms with Crippen molar-refractivity contribution in [2.24, 2.45) is 0 Å². The molecule has 0 saturated carbocycles. The lowest BCUT2D eigenvalue weighted by atomic mass is 9.98. The molecular formula is C26H31FN2O2. The van der Waals surface area contributed by atoms with Gasteiger partial charge >= 0.3 is 0 Å². The molecule has 0 saturated heterocycles. The number of halogens is 1. The number of likely N-dealkylation sites (N-methyl/N-ethyl adjacent to an activating group) is 1. The summed E-state index contributed by atoms with van der Waals surface area (Å²) in [4.78, 5) is 0. The Morgan fingerprint density at radius 2 is 2.00 bits per heavy atom. The molecule has 4 nitrogen and oxygen atoms in total. The first kappa shape index (κ1) is 22.8. The van der Waals surface area contributed by atoms with Crippen LogP contribution in [0, 0.1) is 5.82 Å². The van der Waals surface area contributed by atoms with Crippen molar-refractivity contribution >= 4 is 10.9 Å². The summed E-state index contributed by atoms with van der Waals surface area (Å²) >= 11 is 0. The zero-order valence-electron chi connectivity index (χ0n) is 18.5. The van der Waals surface area contributed by atoms with Crippen LogP contribution in [-0.2, 0) is 4.74 Å². The van der Waals surface area contributed by atoms with Gasteiger partial charge in [0.15, 0.2) is 0 Å². The summed E-state index contributed by atoms with van der Waals surface area (Å²) < 4.78 is 21.8. The monoisotopic (exact) mass is 422 g/mol. The second kappa shape index (κ2) is 10.4. The number of nitrogens with zero attached hydrogens (tertiary/aromatic N) is 1. The lowest BCUT2D eigenvalue weighted by molar-refractivity contribution is 0.132. The van der Waals surface area contributed by atoms with Gasteiger partial charge in [-0.3, -0.25) is 0 Å². The third kappa shape index (κ3) is 4.89. The normalized spacial score (nSPS) is 15.4. The Hall–Kier alpha value is -2.89. The van der Waals surface area contributed by atoms with Crippen LogP contribution in [0.5, 0.6) is 0 Å². The molecule has 0 aliphatic heterocycles. The summed E-state index contributed by atoms with van der Waals surface area (Å²) in [5.41, 5.74) is 2.79. The van der Waals surface area contributed by atoms with E-state index in [1.54, 1.807) is 20.2 Å². The summed E-state index contributed by atoms with van der Waals surface area (Å²) in [6.45, 7) is 4.45. The van der Waals surface area contributed by atoms with Gasteiger partial charge in [0.25, 0.3) is 0 Å². The minimum absolute atomic E-state index is 0.00181. The number of rotatable bonds is 9. The van der Waals surface area contributed by atoms with Gasteiger partial charge in [0.1, 0.15) is 11.6 Å². The van der Waals surface area contributed by atoms with Crippen LogP contribution in [0.4, 0.5) is 4.39 Å². The molecule has 1 unspecified atom stereocenters. The van der Waals surface area contributed by atoms with E-state index in [0.717, 1.165) is 27.8 Å². The maximum absolute atomic E-state index is 14.1. The largest absolute Gasteiger partial charge is 0.500 e. The summed E-state index contributed by atoms with van der Waals surface area (Å²) in [6, 6.07) is 14.1. The SMILES string of the molecule is C/C=C\C=C(\OC)C(C)c1cn([C@@H](c2cccc(F)c2)[C@H](O)CNC)c2ccccc12. The minimum Gasteiger partial charge on any atom is -0.500 e. The molecule has 0 spiro atoms. The van der Waals surface area contributed by atoms with Crippen LogP contribution in [0.3, 0.4) is 0 Å². The number of nitrogens with one attached hydrogen (secondary N) is 1. The maximum Gasteiger partial charge on any atom is 0.123 e. The van der Waals surface area contributed by atoms with Crippen molar-refractivity contribution in [3.05, 3.63) is 95.7 Å². The molecule has 0 radical (unpaired) electrons. The summed E-state index contributed by atoms with van der Waals surface area (Å²) in [5, 5.41) is 15.2. The fourth-order valence-electron chi connectivity index (χ4n) is 4.12. The van der Waals surface area contributed by atoms with Gasteiger partial charge < -0.3 is 19.7 Å². The Labute approximate surface area is 183 Å². The van der Waals surface area contributed by atoms with E-state index in [1.807, 2.05) is 49.4 Å². The Balaban J connectivity index is 2.20. The summed E-state index contributed by atoms with van der Waals surface area (Å²) in [5.74, 6) is 0.529. The van der Waals surface area contributed by atoms with Crippen LogP contribution in [0.25, 0.3) is 10.9 Å².